The van der Waals surface area contributed by atoms with E-state index in [0.29, 0.717) is 13.1 Å². The van der Waals surface area contributed by atoms with Gasteiger partial charge in [0.25, 0.3) is 0 Å². The van der Waals surface area contributed by atoms with E-state index in [-0.39, 0.29) is 12.6 Å². The number of aryl methyl sites for hydroxylation is 2. The molecule has 2 aromatic carbocycles. The fraction of sp³-hybridized carbons (Fsp3) is 0.278. The molecule has 2 aromatic rings. The van der Waals surface area contributed by atoms with Crippen LogP contribution in [0.1, 0.15) is 16.7 Å². The van der Waals surface area contributed by atoms with Crippen LogP contribution in [0, 0.1) is 13.8 Å². The van der Waals surface area contributed by atoms with Crippen LogP contribution in [-0.4, -0.2) is 29.2 Å². The number of anilines is 1. The number of nitrogens with one attached hydrogen (secondary N) is 1. The molecular formula is C18H22N2O2. The van der Waals surface area contributed by atoms with E-state index in [1.54, 1.807) is 4.90 Å². The van der Waals surface area contributed by atoms with Crippen molar-refractivity contribution in [2.45, 2.75) is 20.4 Å². The van der Waals surface area contributed by atoms with Crippen molar-refractivity contribution in [1.29, 1.82) is 0 Å². The average molecular weight is 298 g/mol. The van der Waals surface area contributed by atoms with Crippen molar-refractivity contribution in [2.75, 3.05) is 18.5 Å². The minimum absolute atomic E-state index is 0.0624. The topological polar surface area (TPSA) is 52.6 Å². The molecule has 4 nitrogen and oxygen atoms in total. The summed E-state index contributed by atoms with van der Waals surface area (Å²) in [6, 6.07) is 15.5. The van der Waals surface area contributed by atoms with Crippen molar-refractivity contribution in [3.63, 3.8) is 0 Å². The summed E-state index contributed by atoms with van der Waals surface area (Å²) < 4.78 is 0. The summed E-state index contributed by atoms with van der Waals surface area (Å²) >= 11 is 0. The summed E-state index contributed by atoms with van der Waals surface area (Å²) in [7, 11) is 0. The largest absolute Gasteiger partial charge is 0.395 e. The molecule has 0 spiro atoms. The van der Waals surface area contributed by atoms with Crippen molar-refractivity contribution >= 4 is 11.7 Å². The van der Waals surface area contributed by atoms with Gasteiger partial charge in [0.05, 0.1) is 6.61 Å². The molecule has 2 rings (SSSR count). The number of nitrogens with zero attached hydrogens (tertiary/aromatic N) is 1. The maximum Gasteiger partial charge on any atom is 0.322 e. The first kappa shape index (κ1) is 16.0. The lowest BCUT2D eigenvalue weighted by atomic mass is 10.1. The molecule has 22 heavy (non-hydrogen) atoms. The molecule has 4 heteroatoms. The van der Waals surface area contributed by atoms with Crippen LogP contribution in [0.3, 0.4) is 0 Å². The Morgan fingerprint density at radius 3 is 2.55 bits per heavy atom. The number of urea groups is 1. The highest BCUT2D eigenvalue weighted by molar-refractivity contribution is 5.90. The zero-order valence-corrected chi connectivity index (χ0v) is 13.0. The summed E-state index contributed by atoms with van der Waals surface area (Å²) in [5, 5.41) is 12.1. The van der Waals surface area contributed by atoms with Gasteiger partial charge in [-0.2, -0.15) is 0 Å². The van der Waals surface area contributed by atoms with Crippen molar-refractivity contribution in [2.24, 2.45) is 0 Å². The predicted molar refractivity (Wildman–Crippen MR) is 88.9 cm³/mol. The van der Waals surface area contributed by atoms with E-state index in [1.807, 2.05) is 62.4 Å². The third-order valence-electron chi connectivity index (χ3n) is 3.51. The Labute approximate surface area is 131 Å². The van der Waals surface area contributed by atoms with E-state index in [1.165, 1.54) is 0 Å². The number of rotatable bonds is 5. The van der Waals surface area contributed by atoms with Gasteiger partial charge in [0, 0.05) is 18.8 Å². The maximum absolute atomic E-state index is 12.5. The maximum atomic E-state index is 12.5. The standard InChI is InChI=1S/C18H22N2O2/c1-14-8-9-15(2)17(12-14)19-18(22)20(10-11-21)13-16-6-4-3-5-7-16/h3-9,12,21H,10-11,13H2,1-2H3,(H,19,22). The van der Waals surface area contributed by atoms with Gasteiger partial charge in [-0.05, 0) is 36.6 Å². The van der Waals surface area contributed by atoms with E-state index in [9.17, 15) is 9.90 Å². The molecule has 0 aliphatic carbocycles. The number of aliphatic hydroxyl groups is 1. The van der Waals surface area contributed by atoms with E-state index < -0.39 is 0 Å². The molecule has 0 radical (unpaired) electrons. The van der Waals surface area contributed by atoms with Crippen LogP contribution in [0.2, 0.25) is 0 Å². The predicted octanol–water partition coefficient (Wildman–Crippen LogP) is 3.33. The Morgan fingerprint density at radius 2 is 1.86 bits per heavy atom. The second-order valence-corrected chi connectivity index (χ2v) is 5.38. The lowest BCUT2D eigenvalue weighted by Gasteiger charge is -2.23. The molecule has 0 aliphatic heterocycles. The molecule has 2 N–H and O–H groups in total. The van der Waals surface area contributed by atoms with Crippen molar-refractivity contribution < 1.29 is 9.90 Å². The first-order chi connectivity index (χ1) is 10.6. The summed E-state index contributed by atoms with van der Waals surface area (Å²) in [5.41, 5.74) is 3.95. The normalized spacial score (nSPS) is 10.3. The van der Waals surface area contributed by atoms with Crippen molar-refractivity contribution in [1.82, 2.24) is 4.90 Å². The van der Waals surface area contributed by atoms with Crippen LogP contribution in [-0.2, 0) is 6.54 Å². The van der Waals surface area contributed by atoms with Crippen molar-refractivity contribution in [3.8, 4) is 0 Å². The molecule has 0 saturated heterocycles. The van der Waals surface area contributed by atoms with Gasteiger partial charge in [-0.25, -0.2) is 4.79 Å². The summed E-state index contributed by atoms with van der Waals surface area (Å²) in [4.78, 5) is 14.1. The van der Waals surface area contributed by atoms with Crippen LogP contribution >= 0.6 is 0 Å². The SMILES string of the molecule is Cc1ccc(C)c(NC(=O)N(CCO)Cc2ccccc2)c1. The van der Waals surface area contributed by atoms with Crippen LogP contribution in [0.15, 0.2) is 48.5 Å². The molecule has 0 aromatic heterocycles. The van der Waals surface area contributed by atoms with Gasteiger partial charge < -0.3 is 15.3 Å². The number of aliphatic hydroxyl groups excluding tert-OH is 1. The fourth-order valence-corrected chi connectivity index (χ4v) is 2.24. The zero-order valence-electron chi connectivity index (χ0n) is 13.0. The first-order valence-electron chi connectivity index (χ1n) is 7.38. The highest BCUT2D eigenvalue weighted by Gasteiger charge is 2.14. The second-order valence-electron chi connectivity index (χ2n) is 5.38. The summed E-state index contributed by atoms with van der Waals surface area (Å²) in [6.07, 6.45) is 0. The summed E-state index contributed by atoms with van der Waals surface area (Å²) in [5.74, 6) is 0. The lowest BCUT2D eigenvalue weighted by Crippen LogP contribution is -2.36. The van der Waals surface area contributed by atoms with Crippen LogP contribution < -0.4 is 5.32 Å². The van der Waals surface area contributed by atoms with E-state index >= 15 is 0 Å². The highest BCUT2D eigenvalue weighted by atomic mass is 16.3. The Hall–Kier alpha value is -2.33. The number of hydrogen-bond donors (Lipinski definition) is 2. The van der Waals surface area contributed by atoms with Crippen LogP contribution in [0.4, 0.5) is 10.5 Å². The molecule has 0 unspecified atom stereocenters. The van der Waals surface area contributed by atoms with Gasteiger partial charge in [0.2, 0.25) is 0 Å². The van der Waals surface area contributed by atoms with Crippen LogP contribution in [0.25, 0.3) is 0 Å². The lowest BCUT2D eigenvalue weighted by molar-refractivity contribution is 0.185. The number of hydrogen-bond acceptors (Lipinski definition) is 2. The molecule has 2 amide bonds. The van der Waals surface area contributed by atoms with Gasteiger partial charge in [-0.1, -0.05) is 42.5 Å². The average Bonchev–Trinajstić information content (AvgIpc) is 2.51. The molecule has 0 heterocycles. The minimum atomic E-state index is -0.202. The molecular weight excluding hydrogens is 276 g/mol. The Morgan fingerprint density at radius 1 is 1.14 bits per heavy atom. The zero-order chi connectivity index (χ0) is 15.9. The van der Waals surface area contributed by atoms with Gasteiger partial charge in [-0.3, -0.25) is 0 Å². The van der Waals surface area contributed by atoms with Crippen LogP contribution in [0.5, 0.6) is 0 Å². The third-order valence-corrected chi connectivity index (χ3v) is 3.51. The van der Waals surface area contributed by atoms with Gasteiger partial charge in [-0.15, -0.1) is 0 Å². The molecule has 116 valence electrons. The molecule has 0 bridgehead atoms. The monoisotopic (exact) mass is 298 g/mol. The number of carbonyl (C=O) groups excluding carboxylic acids is 1. The second kappa shape index (κ2) is 7.61. The summed E-state index contributed by atoms with van der Waals surface area (Å²) in [6.45, 7) is 4.66. The molecule has 0 saturated carbocycles. The van der Waals surface area contributed by atoms with E-state index in [4.69, 9.17) is 0 Å². The smallest absolute Gasteiger partial charge is 0.322 e. The van der Waals surface area contributed by atoms with E-state index in [2.05, 4.69) is 5.32 Å². The first-order valence-corrected chi connectivity index (χ1v) is 7.38. The molecule has 0 atom stereocenters. The highest BCUT2D eigenvalue weighted by Crippen LogP contribution is 2.17. The molecule has 0 aliphatic rings. The van der Waals surface area contributed by atoms with E-state index in [0.717, 1.165) is 22.4 Å². The number of benzene rings is 2. The number of carbonyl (C=O) groups is 1. The third kappa shape index (κ3) is 4.33. The van der Waals surface area contributed by atoms with Gasteiger partial charge in [0.15, 0.2) is 0 Å². The number of amides is 2. The minimum Gasteiger partial charge on any atom is -0.395 e. The van der Waals surface area contributed by atoms with Gasteiger partial charge >= 0.3 is 6.03 Å². The molecule has 0 fully saturated rings. The quantitative estimate of drug-likeness (QED) is 0.889. The van der Waals surface area contributed by atoms with Crippen molar-refractivity contribution in [3.05, 3.63) is 65.2 Å². The Bertz CT molecular complexity index is 626. The fourth-order valence-electron chi connectivity index (χ4n) is 2.24. The Kier molecular flexibility index (Phi) is 5.55. The van der Waals surface area contributed by atoms with Gasteiger partial charge in [0.1, 0.15) is 0 Å². The Balaban J connectivity index is 2.11.